The van der Waals surface area contributed by atoms with Crippen molar-refractivity contribution in [1.82, 2.24) is 15.1 Å². The number of sulfone groups is 1. The number of anilines is 2. The van der Waals surface area contributed by atoms with Crippen LogP contribution in [0, 0.1) is 16.5 Å². The van der Waals surface area contributed by atoms with Gasteiger partial charge in [0.15, 0.2) is 11.0 Å². The highest BCUT2D eigenvalue weighted by Gasteiger charge is 2.36. The summed E-state index contributed by atoms with van der Waals surface area (Å²) in [6.07, 6.45) is 0.380. The van der Waals surface area contributed by atoms with E-state index in [-0.39, 0.29) is 33.5 Å². The van der Waals surface area contributed by atoms with E-state index < -0.39 is 26.7 Å². The van der Waals surface area contributed by atoms with Gasteiger partial charge >= 0.3 is 16.9 Å². The molecule has 0 saturated heterocycles. The fourth-order valence-corrected chi connectivity index (χ4v) is 6.58. The van der Waals surface area contributed by atoms with E-state index in [0.29, 0.717) is 23.1 Å². The minimum atomic E-state index is -4.27. The Morgan fingerprint density at radius 3 is 2.26 bits per heavy atom. The van der Waals surface area contributed by atoms with Gasteiger partial charge in [-0.2, -0.15) is 5.26 Å². The molecule has 4 aromatic carbocycles. The van der Waals surface area contributed by atoms with Crippen molar-refractivity contribution in [3.05, 3.63) is 132 Å². The standard InChI is InChI=1S/C35H26N6O7S2/c36-22-29-31(25-10-4-1-5-11-25)38-35(39-32(29)37-26-12-6-2-7-13-26)49-23-30(42)46-21-20-24-16-18-27(19-17-24)47-33-34(41(43)48-40-33)50(44,45)28-14-8-3-9-15-28/h1-19H,20-21,23H2,(H,37,38,39). The van der Waals surface area contributed by atoms with Crippen LogP contribution in [0.15, 0.2) is 135 Å². The molecular weight excluding hydrogens is 681 g/mol. The number of ether oxygens (including phenoxy) is 2. The summed E-state index contributed by atoms with van der Waals surface area (Å²) >= 11 is 1.09. The number of nitrogens with zero attached hydrogens (tertiary/aromatic N) is 5. The van der Waals surface area contributed by atoms with E-state index in [1.54, 1.807) is 30.3 Å². The number of aromatic nitrogens is 4. The predicted octanol–water partition coefficient (Wildman–Crippen LogP) is 5.88. The summed E-state index contributed by atoms with van der Waals surface area (Å²) in [6, 6.07) is 34.7. The van der Waals surface area contributed by atoms with Gasteiger partial charge in [-0.3, -0.25) is 9.42 Å². The fraction of sp³-hybridized carbons (Fsp3) is 0.0857. The number of para-hydroxylation sites is 1. The van der Waals surface area contributed by atoms with Crippen LogP contribution in [-0.4, -0.2) is 41.9 Å². The first kappa shape index (κ1) is 33.7. The van der Waals surface area contributed by atoms with Crippen molar-refractivity contribution in [1.29, 1.82) is 5.26 Å². The first-order valence-corrected chi connectivity index (χ1v) is 17.4. The third kappa shape index (κ3) is 7.89. The second-order valence-electron chi connectivity index (χ2n) is 10.4. The number of nitriles is 1. The minimum Gasteiger partial charge on any atom is -0.465 e. The molecule has 6 rings (SSSR count). The Morgan fingerprint density at radius 2 is 1.58 bits per heavy atom. The van der Waals surface area contributed by atoms with Crippen molar-refractivity contribution in [2.45, 2.75) is 21.5 Å². The Kier molecular flexibility index (Phi) is 10.3. The maximum Gasteiger partial charge on any atom is 0.420 e. The Labute approximate surface area is 290 Å². The van der Waals surface area contributed by atoms with Gasteiger partial charge in [0.2, 0.25) is 0 Å². The molecule has 15 heteroatoms. The van der Waals surface area contributed by atoms with Crippen LogP contribution in [0.4, 0.5) is 11.5 Å². The molecular formula is C35H26N6O7S2. The van der Waals surface area contributed by atoms with Crippen LogP contribution in [0.1, 0.15) is 11.1 Å². The lowest BCUT2D eigenvalue weighted by Crippen LogP contribution is -2.30. The van der Waals surface area contributed by atoms with E-state index in [1.807, 2.05) is 60.7 Å². The SMILES string of the molecule is N#Cc1c(Nc2ccccc2)nc(SCC(=O)OCCc2ccc(Oc3no[n+]([O-])c3S(=O)(=O)c3ccccc3)cc2)nc1-c1ccccc1. The van der Waals surface area contributed by atoms with Gasteiger partial charge in [-0.15, -0.1) is 0 Å². The van der Waals surface area contributed by atoms with Crippen molar-refractivity contribution in [3.8, 4) is 29.0 Å². The van der Waals surface area contributed by atoms with Crippen LogP contribution in [0.3, 0.4) is 0 Å². The molecule has 1 N–H and O–H groups in total. The molecule has 0 unspecified atom stereocenters. The molecule has 0 aliphatic carbocycles. The van der Waals surface area contributed by atoms with Crippen molar-refractivity contribution in [2.24, 2.45) is 0 Å². The summed E-state index contributed by atoms with van der Waals surface area (Å²) in [6.45, 7) is 0.0861. The monoisotopic (exact) mass is 706 g/mol. The Hall–Kier alpha value is -6.24. The molecule has 250 valence electrons. The molecule has 50 heavy (non-hydrogen) atoms. The van der Waals surface area contributed by atoms with Gasteiger partial charge in [0, 0.05) is 17.7 Å². The Bertz CT molecular complexity index is 2250. The van der Waals surface area contributed by atoms with Crippen LogP contribution >= 0.6 is 11.8 Å². The largest absolute Gasteiger partial charge is 0.465 e. The molecule has 0 aliphatic heterocycles. The van der Waals surface area contributed by atoms with Crippen molar-refractivity contribution in [2.75, 3.05) is 17.7 Å². The zero-order valence-electron chi connectivity index (χ0n) is 26.0. The third-order valence-corrected chi connectivity index (χ3v) is 9.60. The van der Waals surface area contributed by atoms with Crippen molar-refractivity contribution in [3.63, 3.8) is 0 Å². The van der Waals surface area contributed by atoms with Crippen LogP contribution < -0.4 is 15.0 Å². The highest BCUT2D eigenvalue weighted by atomic mass is 32.2. The van der Waals surface area contributed by atoms with Gasteiger partial charge in [-0.05, 0) is 46.9 Å². The molecule has 13 nitrogen and oxygen atoms in total. The van der Waals surface area contributed by atoms with Crippen molar-refractivity contribution >= 4 is 39.1 Å². The van der Waals surface area contributed by atoms with Gasteiger partial charge in [0.05, 0.1) is 28.1 Å². The highest BCUT2D eigenvalue weighted by Crippen LogP contribution is 2.31. The van der Waals surface area contributed by atoms with Crippen LogP contribution in [0.5, 0.6) is 11.6 Å². The number of hydrogen-bond donors (Lipinski definition) is 1. The molecule has 0 spiro atoms. The third-order valence-electron chi connectivity index (χ3n) is 7.05. The molecule has 0 aliphatic rings. The van der Waals surface area contributed by atoms with Gasteiger partial charge in [0.1, 0.15) is 17.4 Å². The number of thioether (sulfide) groups is 1. The number of hydrogen-bond acceptors (Lipinski definition) is 13. The number of carbonyl (C=O) groups excluding carboxylic acids is 1. The zero-order valence-corrected chi connectivity index (χ0v) is 27.6. The average molecular weight is 707 g/mol. The minimum absolute atomic E-state index is 0.0661. The lowest BCUT2D eigenvalue weighted by molar-refractivity contribution is -0.832. The summed E-state index contributed by atoms with van der Waals surface area (Å²) in [5, 5.41) is 28.3. The predicted molar refractivity (Wildman–Crippen MR) is 181 cm³/mol. The van der Waals surface area contributed by atoms with Crippen LogP contribution in [0.2, 0.25) is 0 Å². The second-order valence-corrected chi connectivity index (χ2v) is 13.2. The van der Waals surface area contributed by atoms with Gasteiger partial charge in [-0.1, -0.05) is 90.6 Å². The van der Waals surface area contributed by atoms with E-state index in [9.17, 15) is 23.7 Å². The maximum absolute atomic E-state index is 13.0. The topological polar surface area (TPSA) is 184 Å². The van der Waals surface area contributed by atoms with E-state index in [0.717, 1.165) is 28.6 Å². The second kappa shape index (κ2) is 15.3. The van der Waals surface area contributed by atoms with E-state index in [1.165, 1.54) is 24.3 Å². The van der Waals surface area contributed by atoms with Crippen LogP contribution in [0.25, 0.3) is 11.3 Å². The number of nitrogens with one attached hydrogen (secondary N) is 1. The normalized spacial score (nSPS) is 11.0. The van der Waals surface area contributed by atoms with Gasteiger partial charge in [0.25, 0.3) is 9.84 Å². The molecule has 0 bridgehead atoms. The highest BCUT2D eigenvalue weighted by molar-refractivity contribution is 7.99. The zero-order chi connectivity index (χ0) is 34.9. The first-order valence-electron chi connectivity index (χ1n) is 15.0. The van der Waals surface area contributed by atoms with Crippen LogP contribution in [-0.2, 0) is 25.8 Å². The molecule has 0 radical (unpaired) electrons. The molecule has 0 amide bonds. The lowest BCUT2D eigenvalue weighted by atomic mass is 10.1. The quantitative estimate of drug-likeness (QED) is 0.0650. The van der Waals surface area contributed by atoms with Gasteiger partial charge < -0.3 is 20.0 Å². The molecule has 2 heterocycles. The summed E-state index contributed by atoms with van der Waals surface area (Å²) in [4.78, 5) is 21.5. The first-order chi connectivity index (χ1) is 24.3. The summed E-state index contributed by atoms with van der Waals surface area (Å²) < 4.78 is 41.5. The average Bonchev–Trinajstić information content (AvgIpc) is 3.52. The number of carbonyl (C=O) groups is 1. The molecule has 6 aromatic rings. The number of rotatable bonds is 13. The summed E-state index contributed by atoms with van der Waals surface area (Å²) in [5.74, 6) is -0.526. The molecule has 2 aromatic heterocycles. The molecule has 0 fully saturated rings. The number of esters is 1. The summed E-state index contributed by atoms with van der Waals surface area (Å²) in [5.41, 5.74) is 2.99. The molecule has 0 saturated carbocycles. The van der Waals surface area contributed by atoms with E-state index >= 15 is 0 Å². The Morgan fingerprint density at radius 1 is 0.920 bits per heavy atom. The van der Waals surface area contributed by atoms with Crippen molar-refractivity contribution < 1.29 is 32.2 Å². The number of benzene rings is 4. The Balaban J connectivity index is 1.06. The summed E-state index contributed by atoms with van der Waals surface area (Å²) in [7, 11) is -4.27. The molecule has 0 atom stereocenters. The van der Waals surface area contributed by atoms with Gasteiger partial charge in [-0.25, -0.2) is 18.4 Å². The fourth-order valence-electron chi connectivity index (χ4n) is 4.66. The maximum atomic E-state index is 13.0. The smallest absolute Gasteiger partial charge is 0.420 e. The van der Waals surface area contributed by atoms with E-state index in [4.69, 9.17) is 9.47 Å². The lowest BCUT2D eigenvalue weighted by Gasteiger charge is -2.13. The van der Waals surface area contributed by atoms with E-state index in [2.05, 4.69) is 31.1 Å².